The molecule has 5 nitrogen and oxygen atoms in total. The van der Waals surface area contributed by atoms with Crippen molar-refractivity contribution < 1.29 is 21.9 Å². The molecule has 4 aromatic heterocycles. The summed E-state index contributed by atoms with van der Waals surface area (Å²) in [6, 6.07) is 90.5. The highest BCUT2D eigenvalue weighted by Crippen LogP contribution is 2.54. The zero-order valence-corrected chi connectivity index (χ0v) is 62.2. The molecule has 6 heterocycles. The first-order chi connectivity index (χ1) is 62.4. The SMILES string of the molecule is [2H]c1c([2H])c([2H])c2c(c1[2H])c1c([2H])c([2H])c([2H])c([2H])c1n2-c1ccc2c(c1)N(c1cc(-c3ccccc3)cc(C(C)(C)C)c1)c1cc(-c3c(-c4cccc5c4sc4ccccc45)cccc3-n3c4ccccc4c4ccccc43)cc3c1B2c1ccc(-n2c4c([2H])c([2H])c([2H])c([2H])c4c4c([2H])c([2H])c([2H])c([2H])c42)cc1N3c1ccc(-c2ccccc2)cc1-c1ccccc1. The molecule has 23 rings (SSSR count). The van der Waals surface area contributed by atoms with Crippen molar-refractivity contribution in [1.29, 1.82) is 0 Å². The third-order valence-corrected chi connectivity index (χ3v) is 24.3. The van der Waals surface area contributed by atoms with Crippen molar-refractivity contribution in [3.63, 3.8) is 0 Å². The lowest BCUT2D eigenvalue weighted by molar-refractivity contribution is 0.590. The number of benzene rings is 17. The number of aromatic nitrogens is 3. The largest absolute Gasteiger partial charge is 0.311 e. The van der Waals surface area contributed by atoms with Gasteiger partial charge in [0.15, 0.2) is 0 Å². The van der Waals surface area contributed by atoms with E-state index in [9.17, 15) is 21.9 Å². The highest BCUT2D eigenvalue weighted by Gasteiger charge is 2.45. The molecule has 0 aliphatic carbocycles. The van der Waals surface area contributed by atoms with E-state index in [1.54, 1.807) is 20.5 Å². The molecule has 0 amide bonds. The first kappa shape index (κ1) is 50.7. The lowest BCUT2D eigenvalue weighted by Crippen LogP contribution is -2.61. The van der Waals surface area contributed by atoms with E-state index in [0.717, 1.165) is 131 Å². The molecule has 7 heteroatoms. The van der Waals surface area contributed by atoms with Crippen molar-refractivity contribution in [3.05, 3.63) is 387 Å². The second-order valence-electron chi connectivity index (χ2n) is 30.3. The van der Waals surface area contributed by atoms with Crippen molar-refractivity contribution in [2.24, 2.45) is 0 Å². The maximum Gasteiger partial charge on any atom is 0.252 e. The third kappa shape index (κ3) is 10.0. The number of thiophene rings is 1. The summed E-state index contributed by atoms with van der Waals surface area (Å²) in [5.74, 6) is 0. The van der Waals surface area contributed by atoms with Crippen LogP contribution >= 0.6 is 11.3 Å². The standard InChI is InChI=1S/C106H72BN5S/c1-106(2,3)73-59-71(68-31-9-5-10-32-68)60-76(64-73)110-98-65-74(108-90-45-20-13-35-77(90)78-36-14-21-46-91(78)108)54-56-88(98)107-89-57-55-75(109-92-47-22-15-37-79(92)80-38-16-23-48-93(80)109)66-99(89)112(96-58-53-70(67-29-7-4-8-30-67)61-87(96)69-33-11-6-12-34-69)101-63-72(62-100(110)104(101)107)103-84(86-44-27-43-85-83-41-19-26-52-102(83)113-105(85)86)42-28-51-97(103)111-94-49-24-17-39-81(94)82-40-18-25-50-95(82)111/h4-66H,1-3H3/i13D,14D,15D,16D,20D,21D,22D,23D,35D,36D,37D,38D,45D,46D,47D,48D. The minimum atomic E-state index is -0.812. The Bertz CT molecular complexity index is 8330. The molecule has 0 saturated heterocycles. The van der Waals surface area contributed by atoms with E-state index in [2.05, 4.69) is 229 Å². The molecule has 0 bridgehead atoms. The molecule has 21 aromatic rings. The summed E-state index contributed by atoms with van der Waals surface area (Å²) in [4.78, 5) is 4.61. The van der Waals surface area contributed by atoms with Crippen molar-refractivity contribution in [1.82, 2.24) is 13.7 Å². The van der Waals surface area contributed by atoms with Crippen molar-refractivity contribution in [3.8, 4) is 72.7 Å². The molecule has 0 spiro atoms. The second-order valence-corrected chi connectivity index (χ2v) is 31.3. The summed E-state index contributed by atoms with van der Waals surface area (Å²) in [7, 11) is 0. The van der Waals surface area contributed by atoms with Gasteiger partial charge in [-0.1, -0.05) is 293 Å². The van der Waals surface area contributed by atoms with E-state index in [1.807, 2.05) is 91.0 Å². The lowest BCUT2D eigenvalue weighted by atomic mass is 9.33. The van der Waals surface area contributed by atoms with Gasteiger partial charge in [0.05, 0.1) is 66.4 Å². The van der Waals surface area contributed by atoms with E-state index in [-0.39, 0.29) is 43.6 Å². The van der Waals surface area contributed by atoms with Gasteiger partial charge in [-0.3, -0.25) is 0 Å². The monoisotopic (exact) mass is 1470 g/mol. The summed E-state index contributed by atoms with van der Waals surface area (Å²) in [6.07, 6.45) is 0. The van der Waals surface area contributed by atoms with E-state index in [0.29, 0.717) is 39.8 Å². The molecular weight excluding hydrogens is 1390 g/mol. The first-order valence-corrected chi connectivity index (χ1v) is 38.7. The van der Waals surface area contributed by atoms with Crippen LogP contribution in [0.2, 0.25) is 0 Å². The molecule has 0 fully saturated rings. The smallest absolute Gasteiger partial charge is 0.252 e. The summed E-state index contributed by atoms with van der Waals surface area (Å²) < 4.78 is 161. The Morgan fingerprint density at radius 3 is 1.35 bits per heavy atom. The number of rotatable bonds is 10. The molecule has 0 saturated carbocycles. The second kappa shape index (κ2) is 25.3. The minimum Gasteiger partial charge on any atom is -0.311 e. The highest BCUT2D eigenvalue weighted by molar-refractivity contribution is 7.26. The van der Waals surface area contributed by atoms with Gasteiger partial charge in [0.25, 0.3) is 6.71 Å². The number of nitrogens with zero attached hydrogens (tertiary/aromatic N) is 5. The van der Waals surface area contributed by atoms with Gasteiger partial charge in [-0.25, -0.2) is 0 Å². The zero-order chi connectivity index (χ0) is 88.7. The number of fused-ring (bicyclic) bond motifs is 16. The maximum atomic E-state index is 9.98. The Morgan fingerprint density at radius 1 is 0.283 bits per heavy atom. The van der Waals surface area contributed by atoms with Gasteiger partial charge >= 0.3 is 0 Å². The van der Waals surface area contributed by atoms with Crippen LogP contribution in [0.3, 0.4) is 0 Å². The summed E-state index contributed by atoms with van der Waals surface area (Å²) in [5.41, 5.74) is 18.8. The first-order valence-electron chi connectivity index (χ1n) is 45.9. The van der Waals surface area contributed by atoms with Gasteiger partial charge in [-0.05, 0) is 175 Å². The van der Waals surface area contributed by atoms with Gasteiger partial charge < -0.3 is 23.5 Å². The van der Waals surface area contributed by atoms with E-state index >= 15 is 0 Å². The van der Waals surface area contributed by atoms with Gasteiger partial charge in [0.2, 0.25) is 0 Å². The molecule has 0 N–H and O–H groups in total. The molecule has 0 atom stereocenters. The molecule has 17 aromatic carbocycles. The topological polar surface area (TPSA) is 21.3 Å². The zero-order valence-electron chi connectivity index (χ0n) is 77.4. The quantitative estimate of drug-likeness (QED) is 0.127. The Kier molecular flexibility index (Phi) is 11.3. The molecule has 113 heavy (non-hydrogen) atoms. The summed E-state index contributed by atoms with van der Waals surface area (Å²) >= 11 is 1.74. The summed E-state index contributed by atoms with van der Waals surface area (Å²) in [5, 5.41) is 3.97. The van der Waals surface area contributed by atoms with Gasteiger partial charge in [-0.2, -0.15) is 0 Å². The number of hydrogen-bond donors (Lipinski definition) is 0. The Balaban J connectivity index is 0.941. The Hall–Kier alpha value is -14.0. The number of para-hydroxylation sites is 6. The van der Waals surface area contributed by atoms with E-state index in [1.165, 1.54) is 0 Å². The minimum absolute atomic E-state index is 0.0577. The molecular formula is C106H72BN5S. The van der Waals surface area contributed by atoms with Crippen LogP contribution in [0.5, 0.6) is 0 Å². The van der Waals surface area contributed by atoms with Gasteiger partial charge in [0, 0.05) is 109 Å². The maximum absolute atomic E-state index is 9.98. The van der Waals surface area contributed by atoms with Crippen LogP contribution in [0.25, 0.3) is 158 Å². The fourth-order valence-electron chi connectivity index (χ4n) is 18.0. The Morgan fingerprint density at radius 2 is 0.770 bits per heavy atom. The Labute approximate surface area is 682 Å². The van der Waals surface area contributed by atoms with E-state index in [4.69, 9.17) is 0 Å². The fraction of sp³-hybridized carbons (Fsp3) is 0.0377. The van der Waals surface area contributed by atoms with Gasteiger partial charge in [0.1, 0.15) is 0 Å². The van der Waals surface area contributed by atoms with Crippen LogP contribution in [-0.4, -0.2) is 20.4 Å². The predicted molar refractivity (Wildman–Crippen MR) is 482 cm³/mol. The molecule has 2 aliphatic heterocycles. The van der Waals surface area contributed by atoms with Crippen molar-refractivity contribution >= 4 is 154 Å². The van der Waals surface area contributed by atoms with Crippen molar-refractivity contribution in [2.75, 3.05) is 9.80 Å². The normalized spacial score (nSPS) is 14.7. The van der Waals surface area contributed by atoms with Crippen LogP contribution in [0.1, 0.15) is 48.3 Å². The number of hydrogen-bond acceptors (Lipinski definition) is 3. The van der Waals surface area contributed by atoms with Crippen LogP contribution in [-0.2, 0) is 5.41 Å². The van der Waals surface area contributed by atoms with Crippen molar-refractivity contribution in [2.45, 2.75) is 26.2 Å². The molecule has 530 valence electrons. The van der Waals surface area contributed by atoms with Crippen LogP contribution in [0.15, 0.2) is 382 Å². The predicted octanol–water partition coefficient (Wildman–Crippen LogP) is 27.1. The fourth-order valence-corrected chi connectivity index (χ4v) is 19.3. The lowest BCUT2D eigenvalue weighted by Gasteiger charge is -2.45. The van der Waals surface area contributed by atoms with Crippen LogP contribution in [0.4, 0.5) is 34.1 Å². The summed E-state index contributed by atoms with van der Waals surface area (Å²) in [6.45, 7) is 5.76. The van der Waals surface area contributed by atoms with Crippen LogP contribution < -0.4 is 26.2 Å². The average Bonchev–Trinajstić information content (AvgIpc) is 1.43. The van der Waals surface area contributed by atoms with Crippen LogP contribution in [0, 0.1) is 0 Å². The molecule has 2 aliphatic rings. The third-order valence-electron chi connectivity index (χ3n) is 23.0. The molecule has 0 unspecified atom stereocenters. The van der Waals surface area contributed by atoms with E-state index < -0.39 is 109 Å². The average molecular weight is 1470 g/mol. The molecule has 0 radical (unpaired) electrons. The number of anilines is 6. The van der Waals surface area contributed by atoms with Gasteiger partial charge in [-0.15, -0.1) is 11.3 Å². The highest BCUT2D eigenvalue weighted by atomic mass is 32.1.